The van der Waals surface area contributed by atoms with Crippen LogP contribution in [0.2, 0.25) is 0 Å². The van der Waals surface area contributed by atoms with Gasteiger partial charge in [-0.05, 0) is 122 Å². The van der Waals surface area contributed by atoms with Gasteiger partial charge in [-0.25, -0.2) is 4.57 Å². The highest BCUT2D eigenvalue weighted by Crippen LogP contribution is 2.43. The highest BCUT2D eigenvalue weighted by molar-refractivity contribution is 7.47. The first-order valence-corrected chi connectivity index (χ1v) is 34.4. The zero-order valence-corrected chi connectivity index (χ0v) is 53.9. The zero-order chi connectivity index (χ0) is 59.3. The van der Waals surface area contributed by atoms with Gasteiger partial charge in [-0.1, -0.05) is 252 Å². The number of rotatable bonds is 58. The quantitative estimate of drug-likeness (QED) is 0.0205. The van der Waals surface area contributed by atoms with Crippen LogP contribution < -0.4 is 5.32 Å². The number of quaternary nitrogens is 1. The van der Waals surface area contributed by atoms with Crippen molar-refractivity contribution in [3.8, 4) is 0 Å². The Labute approximate surface area is 499 Å². The summed E-state index contributed by atoms with van der Waals surface area (Å²) in [7, 11) is 1.45. The molecule has 0 heterocycles. The highest BCUT2D eigenvalue weighted by atomic mass is 31.2. The molecule has 0 saturated carbocycles. The van der Waals surface area contributed by atoms with Gasteiger partial charge < -0.3 is 19.4 Å². The predicted octanol–water partition coefficient (Wildman–Crippen LogP) is 20.7. The number of nitrogens with one attached hydrogen (secondary N) is 1. The summed E-state index contributed by atoms with van der Waals surface area (Å²) in [4.78, 5) is 37.8. The average Bonchev–Trinajstić information content (AvgIpc) is 3.44. The summed E-state index contributed by atoms with van der Waals surface area (Å²) < 4.78 is 30.7. The van der Waals surface area contributed by atoms with Crippen LogP contribution >= 0.6 is 7.82 Å². The highest BCUT2D eigenvalue weighted by Gasteiger charge is 2.30. The lowest BCUT2D eigenvalue weighted by atomic mass is 10.0. The van der Waals surface area contributed by atoms with E-state index in [2.05, 4.69) is 135 Å². The third-order valence-electron chi connectivity index (χ3n) is 13.9. The topological polar surface area (TPSA) is 111 Å². The largest absolute Gasteiger partial charge is 0.472 e. The molecule has 3 unspecified atom stereocenters. The first-order valence-electron chi connectivity index (χ1n) is 32.9. The number of hydrogen-bond donors (Lipinski definition) is 2. The van der Waals surface area contributed by atoms with Gasteiger partial charge in [-0.15, -0.1) is 0 Å². The van der Waals surface area contributed by atoms with Gasteiger partial charge in [0.15, 0.2) is 0 Å². The molecule has 0 aliphatic carbocycles. The molecule has 0 aliphatic heterocycles. The van der Waals surface area contributed by atoms with Crippen LogP contribution in [0, 0.1) is 0 Å². The standard InChI is InChI=1S/C71H123N2O7P/c1-7-10-13-16-19-22-25-28-30-32-34-35-36-37-39-40-42-45-48-51-54-57-60-63-70(74)72-68(67-79-81(76,77)78-66-65-73(4,5)6)69(62-59-56-53-50-47-44-27-24-21-18-15-12-9-3)80-71(75)64-61-58-55-52-49-46-43-41-38-33-31-29-26-23-20-17-14-11-8-2/h10,13,19-20,22-23,28-31,34-35,37-39,41-42,45,59,62,68-69H,7-9,11-12,14-18,21,24-27,32-33,36,40,43-44,46-58,60-61,63-67H2,1-6H3,(H-,72,74,76,77)/p+1/b13-10-,22-19-,23-20-,30-28-,31-29-,35-34-,39-37-,41-38-,45-42-,62-59-. The molecule has 9 nitrogen and oxygen atoms in total. The molecule has 0 spiro atoms. The first kappa shape index (κ1) is 77.4. The molecule has 1 amide bonds. The van der Waals surface area contributed by atoms with Crippen molar-refractivity contribution in [3.05, 3.63) is 122 Å². The predicted molar refractivity (Wildman–Crippen MR) is 350 cm³/mol. The molecule has 464 valence electrons. The Morgan fingerprint density at radius 3 is 1.21 bits per heavy atom. The second-order valence-electron chi connectivity index (χ2n) is 22.9. The number of esters is 1. The molecule has 0 aromatic carbocycles. The van der Waals surface area contributed by atoms with Crippen molar-refractivity contribution in [3.63, 3.8) is 0 Å². The molecular formula is C71H124N2O7P+. The van der Waals surface area contributed by atoms with E-state index in [1.165, 1.54) is 89.9 Å². The van der Waals surface area contributed by atoms with Gasteiger partial charge in [0.25, 0.3) is 0 Å². The number of hydrogen-bond acceptors (Lipinski definition) is 6. The number of amides is 1. The molecule has 81 heavy (non-hydrogen) atoms. The second-order valence-corrected chi connectivity index (χ2v) is 24.4. The molecule has 0 aliphatic rings. The smallest absolute Gasteiger partial charge is 0.456 e. The fraction of sp³-hybridized carbons (Fsp3) is 0.690. The summed E-state index contributed by atoms with van der Waals surface area (Å²) >= 11 is 0. The maximum absolute atomic E-state index is 13.6. The number of nitrogens with zero attached hydrogens (tertiary/aromatic N) is 1. The Morgan fingerprint density at radius 2 is 0.790 bits per heavy atom. The van der Waals surface area contributed by atoms with Gasteiger partial charge in [0.1, 0.15) is 19.3 Å². The molecule has 0 fully saturated rings. The van der Waals surface area contributed by atoms with Gasteiger partial charge in [0.2, 0.25) is 5.91 Å². The summed E-state index contributed by atoms with van der Waals surface area (Å²) in [6, 6.07) is -0.877. The van der Waals surface area contributed by atoms with E-state index < -0.39 is 20.0 Å². The van der Waals surface area contributed by atoms with Crippen LogP contribution in [0.25, 0.3) is 0 Å². The second kappa shape index (κ2) is 59.6. The van der Waals surface area contributed by atoms with Crippen LogP contribution in [0.4, 0.5) is 0 Å². The minimum Gasteiger partial charge on any atom is -0.456 e. The molecule has 0 radical (unpaired) electrons. The normalized spacial score (nSPS) is 14.4. The van der Waals surface area contributed by atoms with Crippen LogP contribution in [-0.4, -0.2) is 74.3 Å². The Kier molecular flexibility index (Phi) is 56.9. The third-order valence-corrected chi connectivity index (χ3v) is 14.9. The fourth-order valence-electron chi connectivity index (χ4n) is 8.83. The van der Waals surface area contributed by atoms with Gasteiger partial charge in [-0.3, -0.25) is 18.6 Å². The van der Waals surface area contributed by atoms with Crippen molar-refractivity contribution >= 4 is 19.7 Å². The van der Waals surface area contributed by atoms with Crippen LogP contribution in [0.15, 0.2) is 122 Å². The monoisotopic (exact) mass is 1150 g/mol. The summed E-state index contributed by atoms with van der Waals surface area (Å²) in [6.45, 7) is 6.84. The maximum Gasteiger partial charge on any atom is 0.472 e. The van der Waals surface area contributed by atoms with Crippen LogP contribution in [0.1, 0.15) is 265 Å². The van der Waals surface area contributed by atoms with Crippen LogP contribution in [0.3, 0.4) is 0 Å². The SMILES string of the molecule is CC/C=C\C/C=C\C/C=C\C/C=C\C/C=C\C/C=C\CCCCCCC(=O)NC(COP(=O)(O)OCC[N+](C)(C)C)C(/C=C\CCCCCCCCCCCCC)OC(=O)CCCCCCCC/C=C\C/C=C\C/C=C\CCCCC. The summed E-state index contributed by atoms with van der Waals surface area (Å²) in [5, 5.41) is 3.04. The first-order chi connectivity index (χ1) is 39.4. The minimum atomic E-state index is -4.47. The van der Waals surface area contributed by atoms with E-state index in [0.29, 0.717) is 30.3 Å². The van der Waals surface area contributed by atoms with E-state index in [-0.39, 0.29) is 31.5 Å². The molecule has 0 aromatic rings. The molecule has 3 atom stereocenters. The number of likely N-dealkylation sites (N-methyl/N-ethyl adjacent to an activating group) is 1. The third kappa shape index (κ3) is 60.8. The minimum absolute atomic E-state index is 0.0261. The Morgan fingerprint density at radius 1 is 0.444 bits per heavy atom. The van der Waals surface area contributed by atoms with Gasteiger partial charge >= 0.3 is 13.8 Å². The number of phosphoric acid groups is 1. The van der Waals surface area contributed by atoms with Crippen molar-refractivity contribution in [1.82, 2.24) is 5.32 Å². The number of phosphoric ester groups is 1. The van der Waals surface area contributed by atoms with Crippen LogP contribution in [0.5, 0.6) is 0 Å². The van der Waals surface area contributed by atoms with Crippen molar-refractivity contribution < 1.29 is 37.3 Å². The van der Waals surface area contributed by atoms with Crippen LogP contribution in [-0.2, 0) is 27.9 Å². The molecule has 2 N–H and O–H groups in total. The molecular weight excluding hydrogens is 1020 g/mol. The summed E-state index contributed by atoms with van der Waals surface area (Å²) in [6.07, 6.45) is 83.3. The van der Waals surface area contributed by atoms with Crippen molar-refractivity contribution in [2.24, 2.45) is 0 Å². The number of carbonyl (C=O) groups excluding carboxylic acids is 2. The number of ether oxygens (including phenoxy) is 1. The van der Waals surface area contributed by atoms with E-state index in [1.807, 2.05) is 33.3 Å². The maximum atomic E-state index is 13.6. The zero-order valence-electron chi connectivity index (χ0n) is 53.0. The lowest BCUT2D eigenvalue weighted by molar-refractivity contribution is -0.870. The fourth-order valence-corrected chi connectivity index (χ4v) is 9.57. The lowest BCUT2D eigenvalue weighted by Crippen LogP contribution is -2.47. The Hall–Kier alpha value is -3.59. The van der Waals surface area contributed by atoms with E-state index in [1.54, 1.807) is 0 Å². The van der Waals surface area contributed by atoms with Crippen molar-refractivity contribution in [1.29, 1.82) is 0 Å². The lowest BCUT2D eigenvalue weighted by Gasteiger charge is -2.27. The van der Waals surface area contributed by atoms with E-state index in [4.69, 9.17) is 13.8 Å². The molecule has 0 saturated heterocycles. The summed E-state index contributed by atoms with van der Waals surface area (Å²) in [5.41, 5.74) is 0. The van der Waals surface area contributed by atoms with Gasteiger partial charge in [0, 0.05) is 12.8 Å². The van der Waals surface area contributed by atoms with E-state index in [9.17, 15) is 19.0 Å². The summed E-state index contributed by atoms with van der Waals surface area (Å²) in [5.74, 6) is -0.554. The van der Waals surface area contributed by atoms with Gasteiger partial charge in [-0.2, -0.15) is 0 Å². The van der Waals surface area contributed by atoms with E-state index in [0.717, 1.165) is 128 Å². The number of unbranched alkanes of at least 4 members (excludes halogenated alkanes) is 24. The van der Waals surface area contributed by atoms with Gasteiger partial charge in [0.05, 0.1) is 33.8 Å². The van der Waals surface area contributed by atoms with Crippen molar-refractivity contribution in [2.75, 3.05) is 40.9 Å². The molecule has 0 rings (SSSR count). The Balaban J connectivity index is 5.32. The van der Waals surface area contributed by atoms with E-state index >= 15 is 0 Å². The molecule has 0 aromatic heterocycles. The number of carbonyl (C=O) groups is 2. The Bertz CT molecular complexity index is 1800. The molecule has 0 bridgehead atoms. The number of allylic oxidation sites excluding steroid dienone is 19. The average molecular weight is 1150 g/mol. The molecule has 10 heteroatoms. The van der Waals surface area contributed by atoms with Crippen molar-refractivity contribution in [2.45, 2.75) is 277 Å².